The topological polar surface area (TPSA) is 58.1 Å². The van der Waals surface area contributed by atoms with Crippen molar-refractivity contribution in [3.63, 3.8) is 0 Å². The van der Waals surface area contributed by atoms with Gasteiger partial charge in [0.15, 0.2) is 5.96 Å². The first-order valence-corrected chi connectivity index (χ1v) is 10.2. The number of hydrogen-bond donors (Lipinski definition) is 2. The highest BCUT2D eigenvalue weighted by molar-refractivity contribution is 5.79. The zero-order valence-electron chi connectivity index (χ0n) is 16.7. The van der Waals surface area contributed by atoms with Crippen molar-refractivity contribution in [2.45, 2.75) is 59.0 Å². The van der Waals surface area contributed by atoms with E-state index < -0.39 is 0 Å². The number of rotatable bonds is 14. The molecule has 0 aliphatic carbocycles. The summed E-state index contributed by atoms with van der Waals surface area (Å²) in [6.45, 7) is 15.2. The Morgan fingerprint density at radius 2 is 1.92 bits per heavy atom. The van der Waals surface area contributed by atoms with Gasteiger partial charge in [-0.05, 0) is 58.7 Å². The highest BCUT2D eigenvalue weighted by Crippen LogP contribution is 2.08. The molecule has 148 valence electrons. The summed E-state index contributed by atoms with van der Waals surface area (Å²) < 4.78 is 11.1. The van der Waals surface area contributed by atoms with Gasteiger partial charge in [-0.1, -0.05) is 13.8 Å². The van der Waals surface area contributed by atoms with Crippen LogP contribution in [-0.4, -0.2) is 76.1 Å². The van der Waals surface area contributed by atoms with Gasteiger partial charge in [-0.3, -0.25) is 4.99 Å². The van der Waals surface area contributed by atoms with E-state index in [1.54, 1.807) is 0 Å². The van der Waals surface area contributed by atoms with Crippen LogP contribution in [0.5, 0.6) is 0 Å². The van der Waals surface area contributed by atoms with Crippen LogP contribution in [0, 0.1) is 0 Å². The Balaban J connectivity index is 2.14. The van der Waals surface area contributed by atoms with Crippen molar-refractivity contribution in [3.8, 4) is 0 Å². The molecule has 0 bridgehead atoms. The maximum absolute atomic E-state index is 5.77. The van der Waals surface area contributed by atoms with E-state index in [9.17, 15) is 0 Å². The van der Waals surface area contributed by atoms with Crippen molar-refractivity contribution in [1.29, 1.82) is 0 Å². The lowest BCUT2D eigenvalue weighted by atomic mass is 10.3. The molecule has 0 amide bonds. The van der Waals surface area contributed by atoms with E-state index in [0.717, 1.165) is 71.2 Å². The van der Waals surface area contributed by atoms with E-state index in [2.05, 4.69) is 41.3 Å². The number of guanidine groups is 1. The molecule has 6 nitrogen and oxygen atoms in total. The Kier molecular flexibility index (Phi) is 13.7. The minimum absolute atomic E-state index is 0.296. The molecule has 1 atom stereocenters. The third-order valence-electron chi connectivity index (χ3n) is 4.18. The molecular formula is C19H40N4O2. The van der Waals surface area contributed by atoms with Crippen molar-refractivity contribution in [2.75, 3.05) is 59.1 Å². The minimum Gasteiger partial charge on any atom is -0.379 e. The van der Waals surface area contributed by atoms with Gasteiger partial charge < -0.3 is 25.0 Å². The molecule has 1 fully saturated rings. The minimum atomic E-state index is 0.296. The fourth-order valence-corrected chi connectivity index (χ4v) is 2.97. The normalized spacial score (nSPS) is 18.1. The Morgan fingerprint density at radius 3 is 2.56 bits per heavy atom. The lowest BCUT2D eigenvalue weighted by Crippen LogP contribution is -2.39. The Morgan fingerprint density at radius 1 is 1.12 bits per heavy atom. The molecular weight excluding hydrogens is 316 g/mol. The maximum Gasteiger partial charge on any atom is 0.191 e. The van der Waals surface area contributed by atoms with Crippen molar-refractivity contribution >= 4 is 5.96 Å². The van der Waals surface area contributed by atoms with Gasteiger partial charge in [0.25, 0.3) is 0 Å². The van der Waals surface area contributed by atoms with Gasteiger partial charge in [0.2, 0.25) is 0 Å². The zero-order chi connectivity index (χ0) is 18.2. The molecule has 2 N–H and O–H groups in total. The number of ether oxygens (including phenoxy) is 2. The molecule has 1 rings (SSSR count). The predicted molar refractivity (Wildman–Crippen MR) is 105 cm³/mol. The van der Waals surface area contributed by atoms with Gasteiger partial charge in [-0.25, -0.2) is 0 Å². The van der Waals surface area contributed by atoms with Crippen molar-refractivity contribution in [1.82, 2.24) is 15.5 Å². The summed E-state index contributed by atoms with van der Waals surface area (Å²) in [4.78, 5) is 7.19. The summed E-state index contributed by atoms with van der Waals surface area (Å²) in [5.74, 6) is 0.921. The van der Waals surface area contributed by atoms with E-state index in [4.69, 9.17) is 9.47 Å². The van der Waals surface area contributed by atoms with E-state index >= 15 is 0 Å². The summed E-state index contributed by atoms with van der Waals surface area (Å²) in [6.07, 6.45) is 5.88. The van der Waals surface area contributed by atoms with Gasteiger partial charge in [-0.15, -0.1) is 0 Å². The first-order chi connectivity index (χ1) is 12.3. The van der Waals surface area contributed by atoms with E-state index in [1.807, 2.05) is 0 Å². The summed E-state index contributed by atoms with van der Waals surface area (Å²) in [7, 11) is 0. The van der Waals surface area contributed by atoms with E-state index in [-0.39, 0.29) is 0 Å². The Hall–Kier alpha value is -0.850. The molecule has 1 heterocycles. The van der Waals surface area contributed by atoms with Gasteiger partial charge in [-0.2, -0.15) is 0 Å². The number of nitrogens with zero attached hydrogens (tertiary/aromatic N) is 2. The number of nitrogens with one attached hydrogen (secondary N) is 2. The second-order valence-corrected chi connectivity index (χ2v) is 6.59. The molecule has 0 radical (unpaired) electrons. The number of aliphatic imine (C=N–C) groups is 1. The Bertz CT molecular complexity index is 327. The molecule has 0 aromatic heterocycles. The van der Waals surface area contributed by atoms with Gasteiger partial charge >= 0.3 is 0 Å². The largest absolute Gasteiger partial charge is 0.379 e. The van der Waals surface area contributed by atoms with Crippen LogP contribution in [0.4, 0.5) is 0 Å². The van der Waals surface area contributed by atoms with Crippen LogP contribution in [0.2, 0.25) is 0 Å². The first-order valence-electron chi connectivity index (χ1n) is 10.2. The molecule has 1 aliphatic heterocycles. The Labute approximate surface area is 154 Å². The monoisotopic (exact) mass is 356 g/mol. The molecule has 25 heavy (non-hydrogen) atoms. The van der Waals surface area contributed by atoms with Crippen molar-refractivity contribution in [2.24, 2.45) is 4.99 Å². The molecule has 0 saturated carbocycles. The zero-order valence-corrected chi connectivity index (χ0v) is 16.7. The van der Waals surface area contributed by atoms with Gasteiger partial charge in [0, 0.05) is 32.8 Å². The fourth-order valence-electron chi connectivity index (χ4n) is 2.97. The third-order valence-corrected chi connectivity index (χ3v) is 4.18. The summed E-state index contributed by atoms with van der Waals surface area (Å²) in [5, 5.41) is 6.76. The molecule has 0 aromatic rings. The van der Waals surface area contributed by atoms with Gasteiger partial charge in [0.05, 0.1) is 12.7 Å². The summed E-state index contributed by atoms with van der Waals surface area (Å²) in [6, 6.07) is 0. The standard InChI is InChI=1S/C19H40N4O2/c1-4-12-23(13-5-2)14-7-10-21-19(20-6-3)22-11-8-15-25-18-9-16-24-17-18/h18H,4-17H2,1-3H3,(H2,20,21,22). The second-order valence-electron chi connectivity index (χ2n) is 6.59. The molecule has 1 aliphatic rings. The van der Waals surface area contributed by atoms with Crippen LogP contribution in [0.25, 0.3) is 0 Å². The average Bonchev–Trinajstić information content (AvgIpc) is 3.12. The van der Waals surface area contributed by atoms with Crippen molar-refractivity contribution < 1.29 is 9.47 Å². The summed E-state index contributed by atoms with van der Waals surface area (Å²) in [5.41, 5.74) is 0. The van der Waals surface area contributed by atoms with Gasteiger partial charge in [0.1, 0.15) is 0 Å². The van der Waals surface area contributed by atoms with Crippen LogP contribution in [-0.2, 0) is 9.47 Å². The first kappa shape index (κ1) is 22.2. The summed E-state index contributed by atoms with van der Waals surface area (Å²) >= 11 is 0. The molecule has 0 spiro atoms. The van der Waals surface area contributed by atoms with Crippen LogP contribution in [0.3, 0.4) is 0 Å². The van der Waals surface area contributed by atoms with E-state index in [0.29, 0.717) is 6.10 Å². The van der Waals surface area contributed by atoms with Crippen LogP contribution in [0.15, 0.2) is 4.99 Å². The van der Waals surface area contributed by atoms with Crippen molar-refractivity contribution in [3.05, 3.63) is 0 Å². The lowest BCUT2D eigenvalue weighted by molar-refractivity contribution is 0.0424. The highest BCUT2D eigenvalue weighted by atomic mass is 16.5. The SMILES string of the molecule is CCCN(CCC)CCCNC(=NCCCOC1CCOC1)NCC. The predicted octanol–water partition coefficient (Wildman–Crippen LogP) is 2.25. The van der Waals surface area contributed by atoms with Crippen LogP contribution >= 0.6 is 0 Å². The van der Waals surface area contributed by atoms with Crippen LogP contribution < -0.4 is 10.6 Å². The smallest absolute Gasteiger partial charge is 0.191 e. The average molecular weight is 357 g/mol. The van der Waals surface area contributed by atoms with E-state index in [1.165, 1.54) is 25.9 Å². The molecule has 1 saturated heterocycles. The number of hydrogen-bond acceptors (Lipinski definition) is 4. The quantitative estimate of drug-likeness (QED) is 0.284. The van der Waals surface area contributed by atoms with Crippen LogP contribution in [0.1, 0.15) is 52.9 Å². The maximum atomic E-state index is 5.77. The molecule has 0 aromatic carbocycles. The second kappa shape index (κ2) is 15.4. The highest BCUT2D eigenvalue weighted by Gasteiger charge is 2.15. The molecule has 1 unspecified atom stereocenters. The molecule has 6 heteroatoms. The third kappa shape index (κ3) is 11.4. The fraction of sp³-hybridized carbons (Fsp3) is 0.947. The lowest BCUT2D eigenvalue weighted by Gasteiger charge is -2.21.